The van der Waals surface area contributed by atoms with Gasteiger partial charge in [0.15, 0.2) is 6.10 Å². The minimum absolute atomic E-state index is 0.114. The van der Waals surface area contributed by atoms with Crippen LogP contribution >= 0.6 is 7.82 Å². The minimum atomic E-state index is -4.78. The monoisotopic (exact) mass is 696 g/mol. The number of allylic oxidation sites excluding steroid dienone is 8. The molecule has 3 N–H and O–H groups in total. The van der Waals surface area contributed by atoms with Gasteiger partial charge in [-0.1, -0.05) is 139 Å². The maximum Gasteiger partial charge on any atom is 0.469 e. The first-order chi connectivity index (χ1) is 23.1. The van der Waals surface area contributed by atoms with Gasteiger partial charge in [-0.2, -0.15) is 0 Å². The molecule has 0 radical (unpaired) electrons. The van der Waals surface area contributed by atoms with Gasteiger partial charge in [-0.25, -0.2) is 4.57 Å². The third-order valence-corrected chi connectivity index (χ3v) is 8.15. The molecule has 0 saturated heterocycles. The molecule has 0 saturated carbocycles. The Morgan fingerprint density at radius 2 is 1.33 bits per heavy atom. The summed E-state index contributed by atoms with van der Waals surface area (Å²) in [5.74, 6) is -0.167. The summed E-state index contributed by atoms with van der Waals surface area (Å²) in [5, 5.41) is 9.72. The quantitative estimate of drug-likeness (QED) is 0.0213. The van der Waals surface area contributed by atoms with Crippen molar-refractivity contribution in [3.05, 3.63) is 60.8 Å². The average molecular weight is 697 g/mol. The van der Waals surface area contributed by atoms with Crippen LogP contribution in [-0.4, -0.2) is 52.3 Å². The maximum atomic E-state index is 12.3. The van der Waals surface area contributed by atoms with Gasteiger partial charge in [0.1, 0.15) is 6.61 Å². The van der Waals surface area contributed by atoms with Crippen LogP contribution in [0.2, 0.25) is 0 Å². The Morgan fingerprint density at radius 3 is 2.00 bits per heavy atom. The molecule has 0 fully saturated rings. The van der Waals surface area contributed by atoms with Gasteiger partial charge in [0.25, 0.3) is 0 Å². The van der Waals surface area contributed by atoms with Crippen LogP contribution in [0, 0.1) is 5.92 Å². The van der Waals surface area contributed by atoms with Crippen LogP contribution in [0.25, 0.3) is 0 Å². The molecule has 276 valence electrons. The van der Waals surface area contributed by atoms with E-state index in [1.54, 1.807) is 0 Å². The smallest absolute Gasteiger partial charge is 0.462 e. The Morgan fingerprint density at radius 1 is 0.729 bits per heavy atom. The van der Waals surface area contributed by atoms with Gasteiger partial charge in [0, 0.05) is 12.8 Å². The summed E-state index contributed by atoms with van der Waals surface area (Å²) < 4.78 is 26.2. The van der Waals surface area contributed by atoms with Crippen molar-refractivity contribution in [2.24, 2.45) is 5.92 Å². The second kappa shape index (κ2) is 31.9. The van der Waals surface area contributed by atoms with Crippen molar-refractivity contribution in [3.63, 3.8) is 0 Å². The van der Waals surface area contributed by atoms with Crippen molar-refractivity contribution in [1.82, 2.24) is 0 Å². The third-order valence-electron chi connectivity index (χ3n) is 7.67. The lowest BCUT2D eigenvalue weighted by Crippen LogP contribution is -2.29. The molecule has 0 spiro atoms. The molecule has 0 aromatic heterocycles. The number of aliphatic hydroxyl groups excluding tert-OH is 1. The van der Waals surface area contributed by atoms with E-state index in [0.29, 0.717) is 25.7 Å². The molecular formula is C38H65O9P. The molecule has 48 heavy (non-hydrogen) atoms. The van der Waals surface area contributed by atoms with E-state index in [1.165, 1.54) is 38.5 Å². The molecule has 3 atom stereocenters. The topological polar surface area (TPSA) is 140 Å². The number of unbranched alkanes of at least 4 members (excludes halogenated alkanes) is 8. The van der Waals surface area contributed by atoms with Gasteiger partial charge < -0.3 is 24.4 Å². The van der Waals surface area contributed by atoms with Crippen molar-refractivity contribution in [3.8, 4) is 0 Å². The highest BCUT2D eigenvalue weighted by atomic mass is 31.2. The van der Waals surface area contributed by atoms with Crippen LogP contribution in [0.5, 0.6) is 0 Å². The zero-order valence-corrected chi connectivity index (χ0v) is 30.8. The van der Waals surface area contributed by atoms with E-state index < -0.39 is 38.6 Å². The van der Waals surface area contributed by atoms with Gasteiger partial charge >= 0.3 is 19.8 Å². The van der Waals surface area contributed by atoms with Crippen molar-refractivity contribution in [1.29, 1.82) is 0 Å². The first-order valence-electron chi connectivity index (χ1n) is 18.1. The lowest BCUT2D eigenvalue weighted by molar-refractivity contribution is -0.161. The standard InChI is InChI=1S/C38H65O9P/c1-4-6-28-35(39)29-24-20-16-11-9-7-8-10-12-18-22-26-31-38(41)47-36(33-46-48(42,43)44)32-45-37(40)30-25-21-17-14-13-15-19-23-27-34(3)5-2/h6-8,11-12,16,18,20,24,28,34-36,39H,4-5,9-10,13-15,17,19,21-23,25-27,29-33H2,1-3H3,(H2,42,43,44)/b8-7-,16-11-,18-12-,24-20+,28-6-/t34?,35?,36-/m1/s1. The second-order valence-corrected chi connectivity index (χ2v) is 13.5. The largest absolute Gasteiger partial charge is 0.469 e. The Bertz CT molecular complexity index is 996. The van der Waals surface area contributed by atoms with Crippen molar-refractivity contribution < 1.29 is 43.0 Å². The fraction of sp³-hybridized carbons (Fsp3) is 0.684. The second-order valence-electron chi connectivity index (χ2n) is 12.3. The minimum Gasteiger partial charge on any atom is -0.462 e. The predicted octanol–water partition coefficient (Wildman–Crippen LogP) is 9.39. The molecule has 0 bridgehead atoms. The highest BCUT2D eigenvalue weighted by Crippen LogP contribution is 2.36. The summed E-state index contributed by atoms with van der Waals surface area (Å²) >= 11 is 0. The Kier molecular flexibility index (Phi) is 30.4. The summed E-state index contributed by atoms with van der Waals surface area (Å²) in [6, 6.07) is 0. The number of phosphoric ester groups is 1. The number of aliphatic hydroxyl groups is 1. The third kappa shape index (κ3) is 33.6. The lowest BCUT2D eigenvalue weighted by atomic mass is 9.99. The van der Waals surface area contributed by atoms with E-state index in [0.717, 1.165) is 44.4 Å². The molecular weight excluding hydrogens is 631 g/mol. The average Bonchev–Trinajstić information content (AvgIpc) is 3.05. The highest BCUT2D eigenvalue weighted by molar-refractivity contribution is 7.46. The van der Waals surface area contributed by atoms with E-state index in [9.17, 15) is 19.3 Å². The van der Waals surface area contributed by atoms with Gasteiger partial charge in [-0.05, 0) is 50.9 Å². The number of hydrogen-bond acceptors (Lipinski definition) is 7. The fourth-order valence-corrected chi connectivity index (χ4v) is 4.94. The van der Waals surface area contributed by atoms with Gasteiger partial charge in [0.2, 0.25) is 0 Å². The Labute approximate surface area is 290 Å². The Balaban J connectivity index is 4.17. The molecule has 0 aliphatic carbocycles. The summed E-state index contributed by atoms with van der Waals surface area (Å²) in [6.45, 7) is 5.69. The number of ether oxygens (including phenoxy) is 2. The van der Waals surface area contributed by atoms with Crippen LogP contribution in [0.1, 0.15) is 136 Å². The fourth-order valence-electron chi connectivity index (χ4n) is 4.58. The summed E-state index contributed by atoms with van der Waals surface area (Å²) in [5.41, 5.74) is 0. The van der Waals surface area contributed by atoms with Crippen molar-refractivity contribution in [2.45, 2.75) is 149 Å². The first kappa shape index (κ1) is 45.7. The van der Waals surface area contributed by atoms with Crippen LogP contribution in [0.4, 0.5) is 0 Å². The molecule has 10 heteroatoms. The molecule has 9 nitrogen and oxygen atoms in total. The van der Waals surface area contributed by atoms with Crippen LogP contribution < -0.4 is 0 Å². The predicted molar refractivity (Wildman–Crippen MR) is 194 cm³/mol. The zero-order valence-electron chi connectivity index (χ0n) is 29.9. The van der Waals surface area contributed by atoms with Crippen LogP contribution in [0.15, 0.2) is 60.8 Å². The van der Waals surface area contributed by atoms with Crippen LogP contribution in [-0.2, 0) is 28.2 Å². The van der Waals surface area contributed by atoms with Gasteiger partial charge in [-0.3, -0.25) is 14.1 Å². The SMILES string of the molecule is CC/C=C\C(O)C/C=C/C=C\C/C=C\C/C=C\CCCC(=O)O[C@H](COC(=O)CCCCCCCCCCC(C)CC)COP(=O)(O)O. The lowest BCUT2D eigenvalue weighted by Gasteiger charge is -2.18. The summed E-state index contributed by atoms with van der Waals surface area (Å²) in [6.07, 6.45) is 34.4. The molecule has 0 aliphatic heterocycles. The number of rotatable bonds is 31. The van der Waals surface area contributed by atoms with E-state index in [1.807, 2.05) is 55.5 Å². The van der Waals surface area contributed by atoms with Crippen LogP contribution in [0.3, 0.4) is 0 Å². The molecule has 0 rings (SSSR count). The molecule has 0 amide bonds. The number of hydrogen-bond donors (Lipinski definition) is 3. The number of carbonyl (C=O) groups is 2. The molecule has 0 heterocycles. The number of esters is 2. The normalized spacial score (nSPS) is 14.5. The first-order valence-corrected chi connectivity index (χ1v) is 19.6. The van der Waals surface area contributed by atoms with E-state index >= 15 is 0 Å². The van der Waals surface area contributed by atoms with E-state index in [4.69, 9.17) is 19.3 Å². The molecule has 0 aromatic rings. The van der Waals surface area contributed by atoms with Crippen molar-refractivity contribution in [2.75, 3.05) is 13.2 Å². The van der Waals surface area contributed by atoms with E-state index in [2.05, 4.69) is 30.5 Å². The van der Waals surface area contributed by atoms with Crippen molar-refractivity contribution >= 4 is 19.8 Å². The summed E-state index contributed by atoms with van der Waals surface area (Å²) in [7, 11) is -4.78. The van der Waals surface area contributed by atoms with Gasteiger partial charge in [0.05, 0.1) is 12.7 Å². The molecule has 0 aliphatic rings. The van der Waals surface area contributed by atoms with Gasteiger partial charge in [-0.15, -0.1) is 0 Å². The maximum absolute atomic E-state index is 12.3. The highest BCUT2D eigenvalue weighted by Gasteiger charge is 2.22. The Hall–Kier alpha value is -2.29. The molecule has 2 unspecified atom stereocenters. The zero-order chi connectivity index (χ0) is 35.7. The van der Waals surface area contributed by atoms with E-state index in [-0.39, 0.29) is 19.4 Å². The number of phosphoric acid groups is 1. The number of carbonyl (C=O) groups excluding carboxylic acids is 2. The summed E-state index contributed by atoms with van der Waals surface area (Å²) in [4.78, 5) is 42.6. The molecule has 0 aromatic carbocycles.